The molecule has 6 nitrogen and oxygen atoms in total. The van der Waals surface area contributed by atoms with Gasteiger partial charge in [-0.2, -0.15) is 0 Å². The fraction of sp³-hybridized carbons (Fsp3) is 0.600. The van der Waals surface area contributed by atoms with E-state index in [1.165, 1.54) is 24.3 Å². The zero-order valence-electron chi connectivity index (χ0n) is 13.2. The Morgan fingerprint density at radius 1 is 1.09 bits per heavy atom. The first-order valence-corrected chi connectivity index (χ1v) is 9.41. The van der Waals surface area contributed by atoms with E-state index in [0.29, 0.717) is 18.5 Å². The predicted octanol–water partition coefficient (Wildman–Crippen LogP) is 5.17. The highest BCUT2D eigenvalue weighted by Crippen LogP contribution is 2.49. The van der Waals surface area contributed by atoms with Crippen LogP contribution in [0.5, 0.6) is 5.75 Å². The van der Waals surface area contributed by atoms with Crippen molar-refractivity contribution in [1.82, 2.24) is 0 Å². The van der Waals surface area contributed by atoms with Crippen LogP contribution in [0.15, 0.2) is 24.3 Å². The molecule has 0 aliphatic rings. The summed E-state index contributed by atoms with van der Waals surface area (Å²) in [4.78, 5) is 10.1. The van der Waals surface area contributed by atoms with Gasteiger partial charge in [0.05, 0.1) is 17.7 Å². The summed E-state index contributed by atoms with van der Waals surface area (Å²) in [5, 5.41) is 10.6. The third-order valence-corrected chi connectivity index (χ3v) is 5.04. The Kier molecular flexibility index (Phi) is 8.13. The van der Waals surface area contributed by atoms with Crippen molar-refractivity contribution in [3.05, 3.63) is 34.4 Å². The molecule has 0 aliphatic carbocycles. The number of nitro groups is 1. The summed E-state index contributed by atoms with van der Waals surface area (Å²) in [6.45, 7) is 4.50. The molecule has 0 heterocycles. The predicted molar refractivity (Wildman–Crippen MR) is 86.6 cm³/mol. The number of nitro benzene ring substituents is 1. The van der Waals surface area contributed by atoms with Crippen molar-refractivity contribution in [2.24, 2.45) is 0 Å². The minimum Gasteiger partial charge on any atom is -0.424 e. The molecule has 1 aromatic carbocycles. The van der Waals surface area contributed by atoms with Crippen LogP contribution in [-0.2, 0) is 9.09 Å². The van der Waals surface area contributed by atoms with Gasteiger partial charge in [0.2, 0.25) is 0 Å². The van der Waals surface area contributed by atoms with Crippen LogP contribution in [0, 0.1) is 10.1 Å². The molecule has 0 fully saturated rings. The summed E-state index contributed by atoms with van der Waals surface area (Å²) in [6, 6.07) is 5.56. The van der Waals surface area contributed by atoms with Crippen molar-refractivity contribution in [1.29, 1.82) is 0 Å². The maximum absolute atomic E-state index is 12.7. The summed E-state index contributed by atoms with van der Waals surface area (Å²) in [5.41, 5.74) is -0.0281. The molecule has 1 atom stereocenters. The molecule has 0 amide bonds. The van der Waals surface area contributed by atoms with E-state index in [2.05, 4.69) is 6.92 Å². The lowest BCUT2D eigenvalue weighted by molar-refractivity contribution is -0.384. The van der Waals surface area contributed by atoms with Gasteiger partial charge >= 0.3 is 7.60 Å². The number of benzene rings is 1. The van der Waals surface area contributed by atoms with Crippen molar-refractivity contribution in [3.63, 3.8) is 0 Å². The maximum Gasteiger partial charge on any atom is 0.379 e. The van der Waals surface area contributed by atoms with Crippen molar-refractivity contribution < 1.29 is 18.5 Å². The molecule has 0 radical (unpaired) electrons. The number of nitrogens with zero attached hydrogens (tertiary/aromatic N) is 1. The van der Waals surface area contributed by atoms with E-state index in [0.717, 1.165) is 32.1 Å². The molecule has 0 saturated heterocycles. The average molecular weight is 329 g/mol. The topological polar surface area (TPSA) is 78.7 Å². The minimum atomic E-state index is -3.21. The van der Waals surface area contributed by atoms with Crippen LogP contribution < -0.4 is 4.52 Å². The highest BCUT2D eigenvalue weighted by molar-refractivity contribution is 7.54. The van der Waals surface area contributed by atoms with E-state index in [-0.39, 0.29) is 5.69 Å². The second-order valence-electron chi connectivity index (χ2n) is 5.07. The van der Waals surface area contributed by atoms with Gasteiger partial charge in [0.1, 0.15) is 5.75 Å². The van der Waals surface area contributed by atoms with Gasteiger partial charge in [-0.05, 0) is 25.0 Å². The van der Waals surface area contributed by atoms with Crippen LogP contribution in [0.25, 0.3) is 0 Å². The van der Waals surface area contributed by atoms with E-state index >= 15 is 0 Å². The van der Waals surface area contributed by atoms with Gasteiger partial charge in [-0.25, -0.2) is 4.57 Å². The van der Waals surface area contributed by atoms with Crippen LogP contribution >= 0.6 is 7.60 Å². The van der Waals surface area contributed by atoms with Crippen molar-refractivity contribution in [2.45, 2.75) is 46.0 Å². The van der Waals surface area contributed by atoms with E-state index in [1.807, 2.05) is 6.92 Å². The highest BCUT2D eigenvalue weighted by Gasteiger charge is 2.25. The molecular formula is C15H24NO5P. The van der Waals surface area contributed by atoms with Crippen molar-refractivity contribution in [2.75, 3.05) is 12.8 Å². The van der Waals surface area contributed by atoms with Crippen LogP contribution in [0.4, 0.5) is 5.69 Å². The molecule has 124 valence electrons. The summed E-state index contributed by atoms with van der Waals surface area (Å²) in [6.07, 6.45) is 4.92. The zero-order chi connectivity index (χ0) is 16.4. The Morgan fingerprint density at radius 3 is 2.27 bits per heavy atom. The van der Waals surface area contributed by atoms with Gasteiger partial charge in [0.25, 0.3) is 5.69 Å². The van der Waals surface area contributed by atoms with Crippen LogP contribution in [0.3, 0.4) is 0 Å². The number of hydrogen-bond acceptors (Lipinski definition) is 5. The summed E-state index contributed by atoms with van der Waals surface area (Å²) < 4.78 is 23.8. The van der Waals surface area contributed by atoms with Crippen molar-refractivity contribution in [3.8, 4) is 5.75 Å². The minimum absolute atomic E-state index is 0.0281. The Morgan fingerprint density at radius 2 is 1.73 bits per heavy atom. The van der Waals surface area contributed by atoms with Crippen LogP contribution in [0.2, 0.25) is 0 Å². The molecule has 0 saturated carbocycles. The first-order valence-electron chi connectivity index (χ1n) is 7.68. The molecule has 0 aliphatic heterocycles. The second kappa shape index (κ2) is 9.59. The smallest absolute Gasteiger partial charge is 0.379 e. The first kappa shape index (κ1) is 18.7. The maximum atomic E-state index is 12.7. The molecule has 1 rings (SSSR count). The highest BCUT2D eigenvalue weighted by atomic mass is 31.2. The largest absolute Gasteiger partial charge is 0.424 e. The fourth-order valence-electron chi connectivity index (χ4n) is 1.83. The molecule has 0 spiro atoms. The lowest BCUT2D eigenvalue weighted by Crippen LogP contribution is -2.04. The lowest BCUT2D eigenvalue weighted by atomic mass is 10.3. The number of unbranched alkanes of at least 4 members (excludes halogenated alkanes) is 3. The molecule has 1 aromatic rings. The van der Waals surface area contributed by atoms with Gasteiger partial charge < -0.3 is 4.52 Å². The van der Waals surface area contributed by atoms with Crippen LogP contribution in [-0.4, -0.2) is 17.7 Å². The normalized spacial score (nSPS) is 13.5. The first-order chi connectivity index (χ1) is 10.5. The SMILES string of the molecule is CCCCCOP(=O)(CCCC)Oc1ccc([N+](=O)[O-])cc1. The van der Waals surface area contributed by atoms with Crippen LogP contribution in [0.1, 0.15) is 46.0 Å². The average Bonchev–Trinajstić information content (AvgIpc) is 2.50. The molecule has 0 bridgehead atoms. The zero-order valence-corrected chi connectivity index (χ0v) is 14.1. The Balaban J connectivity index is 2.70. The van der Waals surface area contributed by atoms with Gasteiger partial charge in [-0.15, -0.1) is 0 Å². The fourth-order valence-corrected chi connectivity index (χ4v) is 3.66. The van der Waals surface area contributed by atoms with E-state index in [4.69, 9.17) is 9.05 Å². The molecule has 1 unspecified atom stereocenters. The number of rotatable bonds is 11. The molecule has 0 N–H and O–H groups in total. The second-order valence-corrected chi connectivity index (χ2v) is 7.18. The Labute approximate surface area is 131 Å². The lowest BCUT2D eigenvalue weighted by Gasteiger charge is -2.19. The number of non-ortho nitro benzene ring substituents is 1. The van der Waals surface area contributed by atoms with Gasteiger partial charge in [0, 0.05) is 12.1 Å². The van der Waals surface area contributed by atoms with Crippen molar-refractivity contribution >= 4 is 13.3 Å². The monoisotopic (exact) mass is 329 g/mol. The Bertz CT molecular complexity index is 503. The third-order valence-electron chi connectivity index (χ3n) is 3.11. The van der Waals surface area contributed by atoms with E-state index in [9.17, 15) is 14.7 Å². The van der Waals surface area contributed by atoms with E-state index in [1.54, 1.807) is 0 Å². The summed E-state index contributed by atoms with van der Waals surface area (Å²) in [7, 11) is -3.21. The standard InChI is InChI=1S/C15H24NO5P/c1-3-5-7-12-20-22(19,13-6-4-2)21-15-10-8-14(9-11-15)16(17)18/h8-11H,3-7,12-13H2,1-2H3. The third kappa shape index (κ3) is 6.58. The molecule has 22 heavy (non-hydrogen) atoms. The number of hydrogen-bond donors (Lipinski definition) is 0. The summed E-state index contributed by atoms with van der Waals surface area (Å²) >= 11 is 0. The molecule has 7 heteroatoms. The van der Waals surface area contributed by atoms with Gasteiger partial charge in [-0.1, -0.05) is 33.1 Å². The quantitative estimate of drug-likeness (QED) is 0.242. The summed E-state index contributed by atoms with van der Waals surface area (Å²) in [5.74, 6) is 0.334. The van der Waals surface area contributed by atoms with Gasteiger partial charge in [0.15, 0.2) is 0 Å². The van der Waals surface area contributed by atoms with E-state index < -0.39 is 12.5 Å². The van der Waals surface area contributed by atoms with Gasteiger partial charge in [-0.3, -0.25) is 14.6 Å². The molecular weight excluding hydrogens is 305 g/mol. The Hall–Kier alpha value is -1.39. The molecule has 0 aromatic heterocycles.